The Morgan fingerprint density at radius 2 is 1.67 bits per heavy atom. The van der Waals surface area contributed by atoms with E-state index in [-0.39, 0.29) is 30.0 Å². The van der Waals surface area contributed by atoms with Crippen LogP contribution in [0.3, 0.4) is 0 Å². The normalized spacial score (nSPS) is 12.6. The fourth-order valence-corrected chi connectivity index (χ4v) is 3.74. The molecule has 0 aliphatic carbocycles. The maximum atomic E-state index is 12.8. The number of carbonyl (C=O) groups excluding carboxylic acids is 3. The van der Waals surface area contributed by atoms with Gasteiger partial charge in [-0.15, -0.1) is 0 Å². The van der Waals surface area contributed by atoms with E-state index < -0.39 is 29.5 Å². The number of carbonyl (C=O) groups is 3. The summed E-state index contributed by atoms with van der Waals surface area (Å²) < 4.78 is 43.8. The van der Waals surface area contributed by atoms with Gasteiger partial charge in [-0.2, -0.15) is 13.2 Å². The summed E-state index contributed by atoms with van der Waals surface area (Å²) in [7, 11) is 1.39. The Balaban J connectivity index is 1.46. The van der Waals surface area contributed by atoms with Crippen molar-refractivity contribution >= 4 is 17.7 Å². The molecule has 0 bridgehead atoms. The summed E-state index contributed by atoms with van der Waals surface area (Å²) in [5.74, 6) is 4.12. The van der Waals surface area contributed by atoms with E-state index in [4.69, 9.17) is 4.74 Å². The molecule has 3 aromatic carbocycles. The number of rotatable bonds is 5. The molecule has 3 amide bonds. The van der Waals surface area contributed by atoms with Crippen LogP contribution >= 0.6 is 0 Å². The third-order valence-corrected chi connectivity index (χ3v) is 5.49. The lowest BCUT2D eigenvalue weighted by Crippen LogP contribution is -2.29. The van der Waals surface area contributed by atoms with Gasteiger partial charge in [0.1, 0.15) is 5.75 Å². The first-order valence-electron chi connectivity index (χ1n) is 10.8. The number of hydrogen-bond donors (Lipinski definition) is 1. The summed E-state index contributed by atoms with van der Waals surface area (Å²) in [5, 5.41) is 2.58. The number of methoxy groups -OCH3 is 1. The number of halogens is 3. The highest BCUT2D eigenvalue weighted by Gasteiger charge is 2.35. The van der Waals surface area contributed by atoms with Crippen LogP contribution in [-0.4, -0.2) is 36.3 Å². The first-order chi connectivity index (χ1) is 17.2. The minimum atomic E-state index is -4.47. The van der Waals surface area contributed by atoms with Crippen molar-refractivity contribution in [3.05, 3.63) is 100 Å². The Morgan fingerprint density at radius 1 is 0.972 bits per heavy atom. The zero-order valence-corrected chi connectivity index (χ0v) is 19.0. The number of fused-ring (bicyclic) bond motifs is 1. The first kappa shape index (κ1) is 24.5. The molecule has 1 aliphatic heterocycles. The van der Waals surface area contributed by atoms with E-state index in [2.05, 4.69) is 17.2 Å². The van der Waals surface area contributed by atoms with Gasteiger partial charge in [0.15, 0.2) is 0 Å². The highest BCUT2D eigenvalue weighted by atomic mass is 19.4. The third kappa shape index (κ3) is 5.08. The Labute approximate surface area is 204 Å². The van der Waals surface area contributed by atoms with Gasteiger partial charge in [0.25, 0.3) is 17.7 Å². The molecule has 0 atom stereocenters. The molecule has 0 aromatic heterocycles. The quantitative estimate of drug-likeness (QED) is 0.426. The van der Waals surface area contributed by atoms with Crippen molar-refractivity contribution in [3.63, 3.8) is 0 Å². The zero-order valence-electron chi connectivity index (χ0n) is 19.0. The summed E-state index contributed by atoms with van der Waals surface area (Å²) in [6.45, 7) is -0.160. The van der Waals surface area contributed by atoms with Crippen LogP contribution in [0, 0.1) is 11.8 Å². The number of alkyl halides is 3. The minimum Gasteiger partial charge on any atom is -0.496 e. The number of nitrogens with zero attached hydrogens (tertiary/aromatic N) is 1. The summed E-state index contributed by atoms with van der Waals surface area (Å²) in [5.41, 5.74) is 0.706. The van der Waals surface area contributed by atoms with Crippen molar-refractivity contribution in [2.24, 2.45) is 0 Å². The van der Waals surface area contributed by atoms with E-state index in [9.17, 15) is 27.6 Å². The predicted molar refractivity (Wildman–Crippen MR) is 124 cm³/mol. The van der Waals surface area contributed by atoms with Crippen LogP contribution in [0.1, 0.15) is 47.8 Å². The van der Waals surface area contributed by atoms with Gasteiger partial charge >= 0.3 is 6.18 Å². The largest absolute Gasteiger partial charge is 0.496 e. The molecule has 0 radical (unpaired) electrons. The van der Waals surface area contributed by atoms with Crippen LogP contribution in [0.2, 0.25) is 0 Å². The SMILES string of the molecule is COc1ccc(CN2C(=O)c3ccccc3C2=O)cc1C(=O)NCC#Cc1cccc(C(F)(F)F)c1. The van der Waals surface area contributed by atoms with Crippen LogP contribution in [0.5, 0.6) is 5.75 Å². The lowest BCUT2D eigenvalue weighted by atomic mass is 10.1. The van der Waals surface area contributed by atoms with Crippen molar-refractivity contribution in [1.29, 1.82) is 0 Å². The Bertz CT molecular complexity index is 1390. The molecule has 1 aliphatic rings. The molecule has 1 heterocycles. The third-order valence-electron chi connectivity index (χ3n) is 5.49. The minimum absolute atomic E-state index is 0.0357. The number of imide groups is 1. The van der Waals surface area contributed by atoms with Crippen molar-refractivity contribution < 1.29 is 32.3 Å². The molecule has 1 N–H and O–H groups in total. The Hall–Kier alpha value is -4.58. The fraction of sp³-hybridized carbons (Fsp3) is 0.148. The van der Waals surface area contributed by atoms with Crippen LogP contribution < -0.4 is 10.1 Å². The maximum absolute atomic E-state index is 12.8. The van der Waals surface area contributed by atoms with Gasteiger partial charge in [0.05, 0.1) is 42.5 Å². The summed E-state index contributed by atoms with van der Waals surface area (Å²) in [4.78, 5) is 39.2. The second kappa shape index (κ2) is 9.96. The molecular formula is C27H19F3N2O4. The second-order valence-corrected chi connectivity index (χ2v) is 7.84. The molecule has 0 fully saturated rings. The Morgan fingerprint density at radius 3 is 2.31 bits per heavy atom. The smallest absolute Gasteiger partial charge is 0.416 e. The lowest BCUT2D eigenvalue weighted by Gasteiger charge is -2.16. The van der Waals surface area contributed by atoms with E-state index >= 15 is 0 Å². The molecule has 6 nitrogen and oxygen atoms in total. The molecule has 4 rings (SSSR count). The molecule has 182 valence electrons. The van der Waals surface area contributed by atoms with Gasteiger partial charge < -0.3 is 10.1 Å². The van der Waals surface area contributed by atoms with E-state index in [0.717, 1.165) is 17.0 Å². The second-order valence-electron chi connectivity index (χ2n) is 7.84. The van der Waals surface area contributed by atoms with Crippen molar-refractivity contribution in [3.8, 4) is 17.6 Å². The van der Waals surface area contributed by atoms with Crippen molar-refractivity contribution in [2.75, 3.05) is 13.7 Å². The topological polar surface area (TPSA) is 75.7 Å². The fourth-order valence-electron chi connectivity index (χ4n) is 3.74. The van der Waals surface area contributed by atoms with E-state index in [1.54, 1.807) is 36.4 Å². The number of amides is 3. The molecular weight excluding hydrogens is 473 g/mol. The van der Waals surface area contributed by atoms with Gasteiger partial charge in [-0.25, -0.2) is 0 Å². The van der Waals surface area contributed by atoms with Gasteiger partial charge in [0.2, 0.25) is 0 Å². The first-order valence-corrected chi connectivity index (χ1v) is 10.8. The molecule has 0 spiro atoms. The summed E-state index contributed by atoms with van der Waals surface area (Å²) in [6.07, 6.45) is -4.47. The number of nitrogens with one attached hydrogen (secondary N) is 1. The molecule has 0 saturated heterocycles. The lowest BCUT2D eigenvalue weighted by molar-refractivity contribution is -0.137. The van der Waals surface area contributed by atoms with Gasteiger partial charge in [0, 0.05) is 5.56 Å². The van der Waals surface area contributed by atoms with Gasteiger partial charge in [-0.05, 0) is 48.0 Å². The van der Waals surface area contributed by atoms with Crippen LogP contribution in [0.15, 0.2) is 66.7 Å². The van der Waals surface area contributed by atoms with Crippen molar-refractivity contribution in [1.82, 2.24) is 10.2 Å². The summed E-state index contributed by atoms with van der Waals surface area (Å²) >= 11 is 0. The molecule has 0 unspecified atom stereocenters. The van der Waals surface area contributed by atoms with E-state index in [1.165, 1.54) is 25.3 Å². The highest BCUT2D eigenvalue weighted by molar-refractivity contribution is 6.21. The Kier molecular flexibility index (Phi) is 6.79. The maximum Gasteiger partial charge on any atom is 0.416 e. The zero-order chi connectivity index (χ0) is 25.9. The average Bonchev–Trinajstić information content (AvgIpc) is 3.11. The summed E-state index contributed by atoms with van der Waals surface area (Å²) in [6, 6.07) is 15.8. The number of benzene rings is 3. The van der Waals surface area contributed by atoms with Crippen LogP contribution in [0.4, 0.5) is 13.2 Å². The molecule has 0 saturated carbocycles. The standard InChI is InChI=1S/C27H19F3N2O4/c1-36-23-12-11-18(16-32-25(34)20-9-2-3-10-21(20)26(32)35)15-22(23)24(33)31-13-5-7-17-6-4-8-19(14-17)27(28,29)30/h2-4,6,8-12,14-15H,13,16H2,1H3,(H,31,33). The number of hydrogen-bond acceptors (Lipinski definition) is 4. The molecule has 36 heavy (non-hydrogen) atoms. The van der Waals surface area contributed by atoms with Crippen LogP contribution in [0.25, 0.3) is 0 Å². The van der Waals surface area contributed by atoms with Crippen molar-refractivity contribution in [2.45, 2.75) is 12.7 Å². The number of ether oxygens (including phenoxy) is 1. The van der Waals surface area contributed by atoms with Crippen LogP contribution in [-0.2, 0) is 12.7 Å². The molecule has 3 aromatic rings. The van der Waals surface area contributed by atoms with Gasteiger partial charge in [-0.1, -0.05) is 36.1 Å². The van der Waals surface area contributed by atoms with E-state index in [0.29, 0.717) is 16.7 Å². The highest BCUT2D eigenvalue weighted by Crippen LogP contribution is 2.29. The van der Waals surface area contributed by atoms with Gasteiger partial charge in [-0.3, -0.25) is 19.3 Å². The van der Waals surface area contributed by atoms with E-state index in [1.807, 2.05) is 0 Å². The molecule has 9 heteroatoms. The predicted octanol–water partition coefficient (Wildman–Crippen LogP) is 4.29. The average molecular weight is 492 g/mol. The monoisotopic (exact) mass is 492 g/mol.